The van der Waals surface area contributed by atoms with Crippen molar-refractivity contribution >= 4 is 0 Å². The smallest absolute Gasteiger partial charge is 0.0700 e. The van der Waals surface area contributed by atoms with Crippen LogP contribution in [0.2, 0.25) is 0 Å². The number of rotatable bonds is 6. The lowest BCUT2D eigenvalue weighted by Crippen LogP contribution is -2.56. The number of hydrogen-bond donors (Lipinski definition) is 1. The van der Waals surface area contributed by atoms with Crippen LogP contribution in [0.5, 0.6) is 0 Å². The van der Waals surface area contributed by atoms with Crippen molar-refractivity contribution in [3.05, 3.63) is 0 Å². The largest absolute Gasteiger partial charge is 0.382 e. The number of nitrogens with two attached hydrogens (primary N) is 1. The first-order chi connectivity index (χ1) is 8.31. The van der Waals surface area contributed by atoms with Gasteiger partial charge < -0.3 is 15.2 Å². The molecule has 2 unspecified atom stereocenters. The predicted octanol–water partition coefficient (Wildman–Crippen LogP) is 0.994. The van der Waals surface area contributed by atoms with E-state index < -0.39 is 0 Å². The standard InChI is InChI=1S/C13H26N2O2/c1-16-7-8-17-6-5-15-12-3-2-4-13(15)10-11(14)9-12/h11-13H,2-10,14H2,1H3. The summed E-state index contributed by atoms with van der Waals surface area (Å²) < 4.78 is 10.5. The molecule has 2 bridgehead atoms. The maximum absolute atomic E-state index is 6.11. The Balaban J connectivity index is 1.72. The summed E-state index contributed by atoms with van der Waals surface area (Å²) in [4.78, 5) is 2.64. The third kappa shape index (κ3) is 3.65. The minimum Gasteiger partial charge on any atom is -0.382 e. The first-order valence-electron chi connectivity index (χ1n) is 6.89. The molecule has 2 fully saturated rings. The third-order valence-corrected chi connectivity index (χ3v) is 4.09. The second-order valence-electron chi connectivity index (χ2n) is 5.31. The van der Waals surface area contributed by atoms with E-state index in [0.29, 0.717) is 31.3 Å². The SMILES string of the molecule is COCCOCCN1C2CCCC1CC(N)C2. The van der Waals surface area contributed by atoms with Crippen LogP contribution in [0.15, 0.2) is 0 Å². The zero-order chi connectivity index (χ0) is 12.1. The van der Waals surface area contributed by atoms with Gasteiger partial charge in [0.15, 0.2) is 0 Å². The van der Waals surface area contributed by atoms with Gasteiger partial charge in [-0.2, -0.15) is 0 Å². The summed E-state index contributed by atoms with van der Waals surface area (Å²) in [6, 6.07) is 1.85. The second kappa shape index (κ2) is 6.69. The normalized spacial score (nSPS) is 33.9. The molecule has 100 valence electrons. The number of ether oxygens (including phenoxy) is 2. The zero-order valence-electron chi connectivity index (χ0n) is 10.9. The van der Waals surface area contributed by atoms with E-state index in [1.165, 1.54) is 32.1 Å². The zero-order valence-corrected chi connectivity index (χ0v) is 10.9. The van der Waals surface area contributed by atoms with Crippen molar-refractivity contribution in [3.8, 4) is 0 Å². The van der Waals surface area contributed by atoms with E-state index in [2.05, 4.69) is 4.90 Å². The minimum absolute atomic E-state index is 0.427. The Kier molecular flexibility index (Phi) is 5.22. The number of nitrogens with zero attached hydrogens (tertiary/aromatic N) is 1. The van der Waals surface area contributed by atoms with E-state index in [1.54, 1.807) is 7.11 Å². The molecule has 0 amide bonds. The van der Waals surface area contributed by atoms with Gasteiger partial charge in [-0.3, -0.25) is 4.90 Å². The maximum Gasteiger partial charge on any atom is 0.0700 e. The first-order valence-corrected chi connectivity index (χ1v) is 6.89. The molecule has 2 rings (SSSR count). The molecular weight excluding hydrogens is 216 g/mol. The maximum atomic E-state index is 6.11. The Labute approximate surface area is 104 Å². The first kappa shape index (κ1) is 13.3. The number of hydrogen-bond acceptors (Lipinski definition) is 4. The van der Waals surface area contributed by atoms with Crippen LogP contribution in [-0.4, -0.2) is 56.5 Å². The molecule has 4 nitrogen and oxygen atoms in total. The molecular formula is C13H26N2O2. The molecule has 2 aliphatic heterocycles. The van der Waals surface area contributed by atoms with Crippen LogP contribution in [-0.2, 0) is 9.47 Å². The molecule has 4 heteroatoms. The van der Waals surface area contributed by atoms with Gasteiger partial charge in [0.25, 0.3) is 0 Å². The summed E-state index contributed by atoms with van der Waals surface area (Å²) in [6.07, 6.45) is 6.37. The Morgan fingerprint density at radius 3 is 2.47 bits per heavy atom. The van der Waals surface area contributed by atoms with E-state index in [9.17, 15) is 0 Å². The van der Waals surface area contributed by atoms with Gasteiger partial charge in [-0.15, -0.1) is 0 Å². The van der Waals surface area contributed by atoms with E-state index in [0.717, 1.165) is 13.2 Å². The monoisotopic (exact) mass is 242 g/mol. The van der Waals surface area contributed by atoms with Crippen molar-refractivity contribution in [3.63, 3.8) is 0 Å². The van der Waals surface area contributed by atoms with Crippen molar-refractivity contribution in [1.29, 1.82) is 0 Å². The molecule has 0 aromatic rings. The predicted molar refractivity (Wildman–Crippen MR) is 68.0 cm³/mol. The van der Waals surface area contributed by atoms with Gasteiger partial charge in [0, 0.05) is 31.8 Å². The summed E-state index contributed by atoms with van der Waals surface area (Å²) in [6.45, 7) is 3.29. The molecule has 0 aromatic heterocycles. The van der Waals surface area contributed by atoms with Crippen molar-refractivity contribution < 1.29 is 9.47 Å². The van der Waals surface area contributed by atoms with Crippen LogP contribution in [0.3, 0.4) is 0 Å². The number of fused-ring (bicyclic) bond motifs is 2. The molecule has 0 aliphatic carbocycles. The Morgan fingerprint density at radius 2 is 1.82 bits per heavy atom. The van der Waals surface area contributed by atoms with E-state index in [4.69, 9.17) is 15.2 Å². The molecule has 0 saturated carbocycles. The van der Waals surface area contributed by atoms with Gasteiger partial charge in [0.2, 0.25) is 0 Å². The topological polar surface area (TPSA) is 47.7 Å². The molecule has 0 radical (unpaired) electrons. The molecule has 2 N–H and O–H groups in total. The summed E-state index contributed by atoms with van der Waals surface area (Å²) in [5.74, 6) is 0. The lowest BCUT2D eigenvalue weighted by Gasteiger charge is -2.48. The minimum atomic E-state index is 0.427. The molecule has 2 aliphatic rings. The molecule has 2 heterocycles. The van der Waals surface area contributed by atoms with Crippen LogP contribution in [0.25, 0.3) is 0 Å². The van der Waals surface area contributed by atoms with Gasteiger partial charge in [0.1, 0.15) is 0 Å². The fraction of sp³-hybridized carbons (Fsp3) is 1.00. The fourth-order valence-corrected chi connectivity index (χ4v) is 3.30. The van der Waals surface area contributed by atoms with Gasteiger partial charge >= 0.3 is 0 Å². The number of piperidine rings is 2. The highest BCUT2D eigenvalue weighted by atomic mass is 16.5. The lowest BCUT2D eigenvalue weighted by molar-refractivity contribution is -0.00344. The quantitative estimate of drug-likeness (QED) is 0.706. The molecule has 2 atom stereocenters. The van der Waals surface area contributed by atoms with Gasteiger partial charge in [-0.25, -0.2) is 0 Å². The fourth-order valence-electron chi connectivity index (χ4n) is 3.30. The van der Waals surface area contributed by atoms with E-state index in [1.807, 2.05) is 0 Å². The summed E-state index contributed by atoms with van der Waals surface area (Å²) in [7, 11) is 1.71. The van der Waals surface area contributed by atoms with Crippen LogP contribution >= 0.6 is 0 Å². The van der Waals surface area contributed by atoms with E-state index in [-0.39, 0.29) is 0 Å². The second-order valence-corrected chi connectivity index (χ2v) is 5.31. The van der Waals surface area contributed by atoms with Crippen molar-refractivity contribution in [1.82, 2.24) is 4.90 Å². The van der Waals surface area contributed by atoms with Gasteiger partial charge in [-0.05, 0) is 25.7 Å². The Bertz CT molecular complexity index is 211. The van der Waals surface area contributed by atoms with Crippen molar-refractivity contribution in [2.24, 2.45) is 5.73 Å². The van der Waals surface area contributed by atoms with Crippen molar-refractivity contribution in [2.45, 2.75) is 50.2 Å². The third-order valence-electron chi connectivity index (χ3n) is 4.09. The highest BCUT2D eigenvalue weighted by molar-refractivity contribution is 4.93. The summed E-state index contributed by atoms with van der Waals surface area (Å²) >= 11 is 0. The average molecular weight is 242 g/mol. The molecule has 2 saturated heterocycles. The lowest BCUT2D eigenvalue weighted by atomic mass is 9.82. The highest BCUT2D eigenvalue weighted by Crippen LogP contribution is 2.32. The van der Waals surface area contributed by atoms with Gasteiger partial charge in [-0.1, -0.05) is 6.42 Å². The van der Waals surface area contributed by atoms with Crippen LogP contribution in [0.1, 0.15) is 32.1 Å². The van der Waals surface area contributed by atoms with Crippen LogP contribution in [0.4, 0.5) is 0 Å². The summed E-state index contributed by atoms with van der Waals surface area (Å²) in [5.41, 5.74) is 6.11. The Morgan fingerprint density at radius 1 is 1.12 bits per heavy atom. The molecule has 0 aromatic carbocycles. The molecule has 17 heavy (non-hydrogen) atoms. The average Bonchev–Trinajstić information content (AvgIpc) is 2.29. The van der Waals surface area contributed by atoms with Crippen LogP contribution < -0.4 is 5.73 Å². The number of methoxy groups -OCH3 is 1. The highest BCUT2D eigenvalue weighted by Gasteiger charge is 2.36. The van der Waals surface area contributed by atoms with Gasteiger partial charge in [0.05, 0.1) is 19.8 Å². The summed E-state index contributed by atoms with van der Waals surface area (Å²) in [5, 5.41) is 0. The van der Waals surface area contributed by atoms with Crippen molar-refractivity contribution in [2.75, 3.05) is 33.5 Å². The Hall–Kier alpha value is -0.160. The molecule has 0 spiro atoms. The van der Waals surface area contributed by atoms with E-state index >= 15 is 0 Å². The van der Waals surface area contributed by atoms with Crippen LogP contribution in [0, 0.1) is 0 Å².